The zero-order chi connectivity index (χ0) is 10.7. The van der Waals surface area contributed by atoms with Gasteiger partial charge in [0.1, 0.15) is 12.4 Å². The molecule has 6 nitrogen and oxygen atoms in total. The molecule has 2 aromatic rings. The summed E-state index contributed by atoms with van der Waals surface area (Å²) in [5.74, 6) is 1.33. The molecule has 0 fully saturated rings. The number of ether oxygens (including phenoxy) is 1. The number of hydrogen-bond donors (Lipinski definition) is 1. The second-order valence-electron chi connectivity index (χ2n) is 2.92. The van der Waals surface area contributed by atoms with Gasteiger partial charge in [0.25, 0.3) is 5.89 Å². The van der Waals surface area contributed by atoms with Gasteiger partial charge in [0.05, 0.1) is 0 Å². The summed E-state index contributed by atoms with van der Waals surface area (Å²) in [6, 6.07) is 3.42. The molecule has 0 aliphatic carbocycles. The Labute approximate surface area is 86.1 Å². The maximum Gasteiger partial charge on any atom is 0.258 e. The van der Waals surface area contributed by atoms with E-state index >= 15 is 0 Å². The van der Waals surface area contributed by atoms with Crippen LogP contribution >= 0.6 is 0 Å². The second kappa shape index (κ2) is 4.05. The van der Waals surface area contributed by atoms with Crippen molar-refractivity contribution < 1.29 is 9.26 Å². The Morgan fingerprint density at radius 2 is 2.40 bits per heavy atom. The number of methoxy groups -OCH3 is 1. The van der Waals surface area contributed by atoms with Crippen LogP contribution in [0.4, 0.5) is 5.82 Å². The molecule has 0 saturated carbocycles. The molecule has 2 heterocycles. The van der Waals surface area contributed by atoms with E-state index in [0.29, 0.717) is 24.1 Å². The summed E-state index contributed by atoms with van der Waals surface area (Å²) in [5.41, 5.74) is 6.28. The van der Waals surface area contributed by atoms with Crippen LogP contribution in [0.5, 0.6) is 0 Å². The Hall–Kier alpha value is -1.95. The zero-order valence-electron chi connectivity index (χ0n) is 8.17. The number of anilines is 1. The Kier molecular flexibility index (Phi) is 2.59. The van der Waals surface area contributed by atoms with E-state index in [-0.39, 0.29) is 0 Å². The average Bonchev–Trinajstić information content (AvgIpc) is 2.67. The molecule has 0 amide bonds. The van der Waals surface area contributed by atoms with Crippen LogP contribution in [0.15, 0.2) is 22.9 Å². The second-order valence-corrected chi connectivity index (χ2v) is 2.92. The van der Waals surface area contributed by atoms with Crippen LogP contribution in [-0.4, -0.2) is 22.2 Å². The first-order valence-electron chi connectivity index (χ1n) is 4.33. The van der Waals surface area contributed by atoms with Crippen LogP contribution in [0.25, 0.3) is 11.5 Å². The molecule has 0 unspecified atom stereocenters. The summed E-state index contributed by atoms with van der Waals surface area (Å²) in [4.78, 5) is 8.00. The van der Waals surface area contributed by atoms with Gasteiger partial charge < -0.3 is 15.0 Å². The summed E-state index contributed by atoms with van der Waals surface area (Å²) in [5, 5.41) is 3.74. The van der Waals surface area contributed by atoms with Gasteiger partial charge in [0.2, 0.25) is 0 Å². The molecule has 2 rings (SSSR count). The van der Waals surface area contributed by atoms with Crippen molar-refractivity contribution in [2.75, 3.05) is 12.8 Å². The minimum Gasteiger partial charge on any atom is -0.384 e. The van der Waals surface area contributed by atoms with Crippen LogP contribution < -0.4 is 5.73 Å². The fraction of sp³-hybridized carbons (Fsp3) is 0.222. The number of rotatable bonds is 3. The maximum atomic E-state index is 5.54. The number of nitrogen functional groups attached to an aromatic ring is 1. The largest absolute Gasteiger partial charge is 0.384 e. The number of nitrogens with zero attached hydrogens (tertiary/aromatic N) is 3. The SMILES string of the molecule is COCc1noc(-c2ccnc(N)c2)n1. The van der Waals surface area contributed by atoms with Crippen molar-refractivity contribution in [1.82, 2.24) is 15.1 Å². The van der Waals surface area contributed by atoms with E-state index in [0.717, 1.165) is 5.56 Å². The third-order valence-electron chi connectivity index (χ3n) is 1.77. The van der Waals surface area contributed by atoms with E-state index in [1.54, 1.807) is 25.4 Å². The van der Waals surface area contributed by atoms with Crippen molar-refractivity contribution in [2.45, 2.75) is 6.61 Å². The molecule has 0 spiro atoms. The van der Waals surface area contributed by atoms with Gasteiger partial charge in [-0.05, 0) is 12.1 Å². The van der Waals surface area contributed by atoms with E-state index in [9.17, 15) is 0 Å². The highest BCUT2D eigenvalue weighted by Crippen LogP contribution is 2.17. The molecule has 15 heavy (non-hydrogen) atoms. The first-order chi connectivity index (χ1) is 7.29. The van der Waals surface area contributed by atoms with Gasteiger partial charge in [-0.1, -0.05) is 5.16 Å². The van der Waals surface area contributed by atoms with Crippen LogP contribution in [0.2, 0.25) is 0 Å². The van der Waals surface area contributed by atoms with E-state index in [1.165, 1.54) is 0 Å². The Balaban J connectivity index is 2.29. The zero-order valence-corrected chi connectivity index (χ0v) is 8.17. The van der Waals surface area contributed by atoms with Crippen molar-refractivity contribution in [3.8, 4) is 11.5 Å². The third-order valence-corrected chi connectivity index (χ3v) is 1.77. The number of aromatic nitrogens is 3. The minimum atomic E-state index is 0.323. The average molecular weight is 206 g/mol. The summed E-state index contributed by atoms with van der Waals surface area (Å²) in [6.45, 7) is 0.323. The van der Waals surface area contributed by atoms with Gasteiger partial charge in [-0.2, -0.15) is 4.98 Å². The van der Waals surface area contributed by atoms with Gasteiger partial charge in [-0.25, -0.2) is 4.98 Å². The molecule has 0 saturated heterocycles. The topological polar surface area (TPSA) is 87.1 Å². The lowest BCUT2D eigenvalue weighted by atomic mass is 10.2. The number of hydrogen-bond acceptors (Lipinski definition) is 6. The molecule has 0 bridgehead atoms. The van der Waals surface area contributed by atoms with Crippen LogP contribution in [0.1, 0.15) is 5.82 Å². The van der Waals surface area contributed by atoms with Gasteiger partial charge >= 0.3 is 0 Å². The molecule has 6 heteroatoms. The van der Waals surface area contributed by atoms with Gasteiger partial charge in [0, 0.05) is 18.9 Å². The molecular formula is C9H10N4O2. The fourth-order valence-corrected chi connectivity index (χ4v) is 1.14. The lowest BCUT2D eigenvalue weighted by molar-refractivity contribution is 0.174. The third kappa shape index (κ3) is 2.10. The van der Waals surface area contributed by atoms with Crippen molar-refractivity contribution in [1.29, 1.82) is 0 Å². The molecular weight excluding hydrogens is 196 g/mol. The normalized spacial score (nSPS) is 10.5. The molecule has 2 N–H and O–H groups in total. The van der Waals surface area contributed by atoms with Gasteiger partial charge in [-0.15, -0.1) is 0 Å². The monoisotopic (exact) mass is 206 g/mol. The summed E-state index contributed by atoms with van der Waals surface area (Å²) in [7, 11) is 1.57. The van der Waals surface area contributed by atoms with Crippen LogP contribution in [0.3, 0.4) is 0 Å². The van der Waals surface area contributed by atoms with E-state index in [2.05, 4.69) is 15.1 Å². The van der Waals surface area contributed by atoms with Crippen molar-refractivity contribution >= 4 is 5.82 Å². The van der Waals surface area contributed by atoms with Gasteiger partial charge in [-0.3, -0.25) is 0 Å². The first kappa shape index (κ1) is 9.60. The minimum absolute atomic E-state index is 0.323. The van der Waals surface area contributed by atoms with Crippen LogP contribution in [-0.2, 0) is 11.3 Å². The molecule has 0 aliphatic heterocycles. The number of nitrogens with two attached hydrogens (primary N) is 1. The predicted octanol–water partition coefficient (Wildman–Crippen LogP) is 0.860. The Bertz CT molecular complexity index is 455. The summed E-state index contributed by atoms with van der Waals surface area (Å²) >= 11 is 0. The van der Waals surface area contributed by atoms with Crippen molar-refractivity contribution in [3.05, 3.63) is 24.2 Å². The molecule has 0 aliphatic rings. The highest BCUT2D eigenvalue weighted by atomic mass is 16.5. The lowest BCUT2D eigenvalue weighted by Gasteiger charge is -1.94. The highest BCUT2D eigenvalue weighted by Gasteiger charge is 2.08. The smallest absolute Gasteiger partial charge is 0.258 e. The van der Waals surface area contributed by atoms with E-state index < -0.39 is 0 Å². The fourth-order valence-electron chi connectivity index (χ4n) is 1.14. The van der Waals surface area contributed by atoms with E-state index in [1.807, 2.05) is 0 Å². The predicted molar refractivity (Wildman–Crippen MR) is 52.7 cm³/mol. The van der Waals surface area contributed by atoms with Crippen LogP contribution in [0, 0.1) is 0 Å². The molecule has 0 radical (unpaired) electrons. The lowest BCUT2D eigenvalue weighted by Crippen LogP contribution is -1.91. The Morgan fingerprint density at radius 3 is 3.13 bits per heavy atom. The highest BCUT2D eigenvalue weighted by molar-refractivity contribution is 5.56. The quantitative estimate of drug-likeness (QED) is 0.801. The molecule has 2 aromatic heterocycles. The van der Waals surface area contributed by atoms with Gasteiger partial charge in [0.15, 0.2) is 5.82 Å². The maximum absolute atomic E-state index is 5.54. The van der Waals surface area contributed by atoms with Crippen molar-refractivity contribution in [2.24, 2.45) is 0 Å². The summed E-state index contributed by atoms with van der Waals surface area (Å²) in [6.07, 6.45) is 1.59. The molecule has 78 valence electrons. The summed E-state index contributed by atoms with van der Waals surface area (Å²) < 4.78 is 9.91. The number of pyridine rings is 1. The standard InChI is InChI=1S/C9H10N4O2/c1-14-5-8-12-9(15-13-8)6-2-3-11-7(10)4-6/h2-4H,5H2,1H3,(H2,10,11). The van der Waals surface area contributed by atoms with E-state index in [4.69, 9.17) is 15.0 Å². The first-order valence-corrected chi connectivity index (χ1v) is 4.33. The van der Waals surface area contributed by atoms with Crippen molar-refractivity contribution in [3.63, 3.8) is 0 Å². The molecule has 0 aromatic carbocycles. The molecule has 0 atom stereocenters. The Morgan fingerprint density at radius 1 is 1.53 bits per heavy atom.